The molecule has 2 heterocycles. The molecule has 0 unspecified atom stereocenters. The fraction of sp³-hybridized carbons (Fsp3) is 0.300. The van der Waals surface area contributed by atoms with Gasteiger partial charge in [-0.2, -0.15) is 0 Å². The van der Waals surface area contributed by atoms with Gasteiger partial charge in [0, 0.05) is 13.1 Å². The minimum Gasteiger partial charge on any atom is -0.335 e. The summed E-state index contributed by atoms with van der Waals surface area (Å²) in [6.07, 6.45) is 4.85. The van der Waals surface area contributed by atoms with Crippen LogP contribution in [0.15, 0.2) is 18.2 Å². The number of carbonyl (C=O) groups is 1. The second-order valence-electron chi connectivity index (χ2n) is 3.38. The molecule has 84 valence electrons. The molecule has 1 aromatic rings. The molecule has 6 heteroatoms. The highest BCUT2D eigenvalue weighted by Gasteiger charge is 2.20. The lowest BCUT2D eigenvalue weighted by atomic mass is 10.2. The van der Waals surface area contributed by atoms with Crippen molar-refractivity contribution in [3.05, 3.63) is 34.1 Å². The van der Waals surface area contributed by atoms with Crippen LogP contribution >= 0.6 is 23.2 Å². The number of nitrogens with zero attached hydrogens (tertiary/aromatic N) is 3. The van der Waals surface area contributed by atoms with Crippen LogP contribution in [0.4, 0.5) is 0 Å². The molecule has 0 spiro atoms. The molecule has 2 rings (SSSR count). The van der Waals surface area contributed by atoms with E-state index in [0.717, 1.165) is 6.42 Å². The van der Waals surface area contributed by atoms with Crippen molar-refractivity contribution in [3.63, 3.8) is 0 Å². The summed E-state index contributed by atoms with van der Waals surface area (Å²) in [4.78, 5) is 13.7. The molecular weight excluding hydrogens is 249 g/mol. The summed E-state index contributed by atoms with van der Waals surface area (Å²) in [6.45, 7) is 1.28. The molecule has 0 bridgehead atoms. The summed E-state index contributed by atoms with van der Waals surface area (Å²) in [5.41, 5.74) is 0.303. The minimum atomic E-state index is -0.161. The predicted molar refractivity (Wildman–Crippen MR) is 61.7 cm³/mol. The minimum absolute atomic E-state index is 0.0870. The molecule has 1 aliphatic heterocycles. The highest BCUT2D eigenvalue weighted by atomic mass is 35.5. The van der Waals surface area contributed by atoms with Gasteiger partial charge in [-0.1, -0.05) is 35.4 Å². The Morgan fingerprint density at radius 1 is 1.31 bits per heavy atom. The lowest BCUT2D eigenvalue weighted by molar-refractivity contribution is 0.0770. The van der Waals surface area contributed by atoms with Crippen molar-refractivity contribution >= 4 is 29.1 Å². The number of amides is 1. The largest absolute Gasteiger partial charge is 0.335 e. The first-order chi connectivity index (χ1) is 7.68. The zero-order valence-corrected chi connectivity index (χ0v) is 9.87. The molecule has 0 saturated heterocycles. The average Bonchev–Trinajstić information content (AvgIpc) is 2.32. The van der Waals surface area contributed by atoms with Crippen LogP contribution in [-0.4, -0.2) is 34.1 Å². The van der Waals surface area contributed by atoms with E-state index in [4.69, 9.17) is 23.2 Å². The van der Waals surface area contributed by atoms with Gasteiger partial charge in [-0.3, -0.25) is 4.79 Å². The Morgan fingerprint density at radius 2 is 2.12 bits per heavy atom. The smallest absolute Gasteiger partial charge is 0.257 e. The van der Waals surface area contributed by atoms with Crippen LogP contribution in [0.2, 0.25) is 10.3 Å². The number of carbonyl (C=O) groups excluding carboxylic acids is 1. The number of hydrogen-bond acceptors (Lipinski definition) is 3. The van der Waals surface area contributed by atoms with Gasteiger partial charge in [-0.25, -0.2) is 0 Å². The van der Waals surface area contributed by atoms with Gasteiger partial charge in [0.2, 0.25) is 0 Å². The van der Waals surface area contributed by atoms with Crippen LogP contribution in [0, 0.1) is 0 Å². The third kappa shape index (κ3) is 2.33. The molecule has 1 aromatic heterocycles. The van der Waals surface area contributed by atoms with Crippen LogP contribution in [-0.2, 0) is 0 Å². The summed E-state index contributed by atoms with van der Waals surface area (Å²) in [5.74, 6) is -0.161. The van der Waals surface area contributed by atoms with Crippen molar-refractivity contribution < 1.29 is 4.79 Å². The lowest BCUT2D eigenvalue weighted by Gasteiger charge is -2.23. The van der Waals surface area contributed by atoms with Crippen LogP contribution in [0.1, 0.15) is 16.8 Å². The monoisotopic (exact) mass is 257 g/mol. The maximum atomic E-state index is 12.1. The Balaban J connectivity index is 2.26. The van der Waals surface area contributed by atoms with Gasteiger partial charge in [0.1, 0.15) is 0 Å². The molecule has 0 saturated carbocycles. The fourth-order valence-electron chi connectivity index (χ4n) is 1.50. The molecule has 1 amide bonds. The Morgan fingerprint density at radius 3 is 2.81 bits per heavy atom. The van der Waals surface area contributed by atoms with E-state index in [0.29, 0.717) is 18.7 Å². The molecular formula is C10H9Cl2N3O. The van der Waals surface area contributed by atoms with Gasteiger partial charge in [0.25, 0.3) is 5.91 Å². The van der Waals surface area contributed by atoms with E-state index in [9.17, 15) is 4.79 Å². The Kier molecular flexibility index (Phi) is 3.41. The number of rotatable bonds is 1. The normalized spacial score (nSPS) is 15.2. The number of hydrogen-bond donors (Lipinski definition) is 0. The van der Waals surface area contributed by atoms with Crippen LogP contribution in [0.25, 0.3) is 0 Å². The Labute approximate surface area is 103 Å². The summed E-state index contributed by atoms with van der Waals surface area (Å²) in [7, 11) is 0. The zero-order valence-electron chi connectivity index (χ0n) is 8.36. The van der Waals surface area contributed by atoms with Gasteiger partial charge in [-0.05, 0) is 12.5 Å². The van der Waals surface area contributed by atoms with Crippen LogP contribution in [0.3, 0.4) is 0 Å². The first kappa shape index (κ1) is 11.4. The van der Waals surface area contributed by atoms with Crippen LogP contribution in [0.5, 0.6) is 0 Å². The standard InChI is InChI=1S/C10H9Cl2N3O/c11-8-6-7(9(12)14-13-8)10(16)15-4-2-1-3-5-15/h1-2,6H,3-5H2. The second-order valence-corrected chi connectivity index (χ2v) is 4.13. The van der Waals surface area contributed by atoms with Crippen molar-refractivity contribution in [1.29, 1.82) is 0 Å². The quantitative estimate of drug-likeness (QED) is 0.725. The number of halogens is 2. The Bertz CT molecular complexity index is 448. The fourth-order valence-corrected chi connectivity index (χ4v) is 1.82. The van der Waals surface area contributed by atoms with Gasteiger partial charge in [0.05, 0.1) is 5.56 Å². The van der Waals surface area contributed by atoms with Gasteiger partial charge in [-0.15, -0.1) is 10.2 Å². The van der Waals surface area contributed by atoms with Crippen LogP contribution < -0.4 is 0 Å². The third-order valence-corrected chi connectivity index (χ3v) is 2.76. The maximum absolute atomic E-state index is 12.1. The molecule has 4 nitrogen and oxygen atoms in total. The summed E-state index contributed by atoms with van der Waals surface area (Å²) >= 11 is 11.5. The molecule has 0 aliphatic carbocycles. The maximum Gasteiger partial charge on any atom is 0.257 e. The number of aromatic nitrogens is 2. The van der Waals surface area contributed by atoms with E-state index >= 15 is 0 Å². The molecule has 0 aromatic carbocycles. The zero-order chi connectivity index (χ0) is 11.5. The predicted octanol–water partition coefficient (Wildman–Crippen LogP) is 2.19. The van der Waals surface area contributed by atoms with E-state index < -0.39 is 0 Å². The van der Waals surface area contributed by atoms with Gasteiger partial charge >= 0.3 is 0 Å². The molecule has 0 fully saturated rings. The molecule has 0 atom stereocenters. The van der Waals surface area contributed by atoms with Crippen molar-refractivity contribution in [2.24, 2.45) is 0 Å². The van der Waals surface area contributed by atoms with Crippen molar-refractivity contribution in [2.45, 2.75) is 6.42 Å². The SMILES string of the molecule is O=C(c1cc(Cl)nnc1Cl)N1CC=CCC1. The Hall–Kier alpha value is -1.13. The van der Waals surface area contributed by atoms with Gasteiger partial charge in [0.15, 0.2) is 10.3 Å². The lowest BCUT2D eigenvalue weighted by Crippen LogP contribution is -2.34. The van der Waals surface area contributed by atoms with E-state index in [2.05, 4.69) is 10.2 Å². The van der Waals surface area contributed by atoms with E-state index in [-0.39, 0.29) is 16.2 Å². The highest BCUT2D eigenvalue weighted by Crippen LogP contribution is 2.18. The highest BCUT2D eigenvalue weighted by molar-refractivity contribution is 6.34. The summed E-state index contributed by atoms with van der Waals surface area (Å²) in [6, 6.07) is 1.44. The topological polar surface area (TPSA) is 46.1 Å². The molecule has 0 N–H and O–H groups in total. The van der Waals surface area contributed by atoms with E-state index in [1.165, 1.54) is 6.07 Å². The van der Waals surface area contributed by atoms with E-state index in [1.807, 2.05) is 12.2 Å². The summed E-state index contributed by atoms with van der Waals surface area (Å²) in [5, 5.41) is 7.43. The van der Waals surface area contributed by atoms with E-state index in [1.54, 1.807) is 4.90 Å². The summed E-state index contributed by atoms with van der Waals surface area (Å²) < 4.78 is 0. The van der Waals surface area contributed by atoms with Gasteiger partial charge < -0.3 is 4.90 Å². The first-order valence-corrected chi connectivity index (χ1v) is 5.57. The molecule has 16 heavy (non-hydrogen) atoms. The first-order valence-electron chi connectivity index (χ1n) is 4.81. The third-order valence-electron chi connectivity index (χ3n) is 2.29. The molecule has 1 aliphatic rings. The second kappa shape index (κ2) is 4.80. The van der Waals surface area contributed by atoms with Crippen molar-refractivity contribution in [3.8, 4) is 0 Å². The average molecular weight is 258 g/mol. The van der Waals surface area contributed by atoms with Crippen molar-refractivity contribution in [2.75, 3.05) is 13.1 Å². The van der Waals surface area contributed by atoms with Crippen molar-refractivity contribution in [1.82, 2.24) is 15.1 Å². The molecule has 0 radical (unpaired) electrons.